The molecule has 8 heteroatoms. The summed E-state index contributed by atoms with van der Waals surface area (Å²) in [5.74, 6) is -0.604. The second-order valence-electron chi connectivity index (χ2n) is 4.69. The van der Waals surface area contributed by atoms with E-state index >= 15 is 0 Å². The quantitative estimate of drug-likeness (QED) is 0.832. The van der Waals surface area contributed by atoms with E-state index in [1.54, 1.807) is 0 Å². The number of rotatable bonds is 5. The second kappa shape index (κ2) is 5.55. The molecule has 1 fully saturated rings. The number of halogens is 1. The highest BCUT2D eigenvalue weighted by Crippen LogP contribution is 2.32. The third kappa shape index (κ3) is 2.87. The molecule has 2 rings (SSSR count). The Morgan fingerprint density at radius 3 is 2.30 bits per heavy atom. The van der Waals surface area contributed by atoms with Crippen LogP contribution in [0.3, 0.4) is 0 Å². The number of ether oxygens (including phenoxy) is 2. The molecular formula is C12H17FN2O4S. The highest BCUT2D eigenvalue weighted by Gasteiger charge is 2.32. The molecule has 0 atom stereocenters. The molecule has 1 aromatic rings. The minimum atomic E-state index is -3.95. The van der Waals surface area contributed by atoms with Crippen molar-refractivity contribution in [3.63, 3.8) is 0 Å². The summed E-state index contributed by atoms with van der Waals surface area (Å²) in [7, 11) is -1.25. The zero-order chi connectivity index (χ0) is 14.9. The second-order valence-corrected chi connectivity index (χ2v) is 6.37. The lowest BCUT2D eigenvalue weighted by molar-refractivity contribution is 0.326. The zero-order valence-electron chi connectivity index (χ0n) is 11.2. The molecule has 0 amide bonds. The van der Waals surface area contributed by atoms with Crippen LogP contribution >= 0.6 is 0 Å². The van der Waals surface area contributed by atoms with E-state index in [0.29, 0.717) is 12.8 Å². The van der Waals surface area contributed by atoms with Crippen LogP contribution in [0, 0.1) is 5.82 Å². The molecule has 0 bridgehead atoms. The van der Waals surface area contributed by atoms with Gasteiger partial charge < -0.3 is 15.2 Å². The molecule has 0 aliphatic heterocycles. The van der Waals surface area contributed by atoms with Crippen molar-refractivity contribution in [3.8, 4) is 11.5 Å². The predicted octanol–water partition coefficient (Wildman–Crippen LogP) is 0.611. The summed E-state index contributed by atoms with van der Waals surface area (Å²) in [6, 6.07) is 1.84. The average molecular weight is 304 g/mol. The largest absolute Gasteiger partial charge is 0.493 e. The van der Waals surface area contributed by atoms with Crippen LogP contribution in [-0.2, 0) is 10.0 Å². The molecule has 1 aliphatic carbocycles. The number of nitrogens with two attached hydrogens (primary N) is 1. The molecule has 6 nitrogen and oxygen atoms in total. The Morgan fingerprint density at radius 1 is 1.25 bits per heavy atom. The minimum Gasteiger partial charge on any atom is -0.493 e. The zero-order valence-corrected chi connectivity index (χ0v) is 12.0. The third-order valence-electron chi connectivity index (χ3n) is 3.22. The van der Waals surface area contributed by atoms with Crippen LogP contribution in [-0.4, -0.2) is 34.7 Å². The lowest BCUT2D eigenvalue weighted by atomic mass is 9.89. The summed E-state index contributed by atoms with van der Waals surface area (Å²) in [4.78, 5) is -0.462. The summed E-state index contributed by atoms with van der Waals surface area (Å²) >= 11 is 0. The number of benzene rings is 1. The van der Waals surface area contributed by atoms with Gasteiger partial charge in [-0.3, -0.25) is 0 Å². The molecule has 0 heterocycles. The first-order valence-electron chi connectivity index (χ1n) is 6.07. The molecule has 20 heavy (non-hydrogen) atoms. The first-order chi connectivity index (χ1) is 9.37. The van der Waals surface area contributed by atoms with Gasteiger partial charge in [-0.15, -0.1) is 0 Å². The van der Waals surface area contributed by atoms with E-state index in [1.165, 1.54) is 14.2 Å². The van der Waals surface area contributed by atoms with Gasteiger partial charge in [0.1, 0.15) is 10.7 Å². The smallest absolute Gasteiger partial charge is 0.243 e. The van der Waals surface area contributed by atoms with Crippen molar-refractivity contribution in [3.05, 3.63) is 17.9 Å². The average Bonchev–Trinajstić information content (AvgIpc) is 2.35. The van der Waals surface area contributed by atoms with Gasteiger partial charge in [-0.2, -0.15) is 0 Å². The summed E-state index contributed by atoms with van der Waals surface area (Å²) in [6.45, 7) is 0. The van der Waals surface area contributed by atoms with E-state index in [4.69, 9.17) is 15.2 Å². The van der Waals surface area contributed by atoms with Crippen molar-refractivity contribution in [2.45, 2.75) is 29.8 Å². The van der Waals surface area contributed by atoms with Gasteiger partial charge in [0.2, 0.25) is 10.0 Å². The number of methoxy groups -OCH3 is 2. The molecule has 3 N–H and O–H groups in total. The van der Waals surface area contributed by atoms with Gasteiger partial charge in [-0.05, 0) is 12.8 Å². The maximum atomic E-state index is 13.9. The number of sulfonamides is 1. The highest BCUT2D eigenvalue weighted by atomic mass is 32.2. The highest BCUT2D eigenvalue weighted by molar-refractivity contribution is 7.89. The molecule has 0 radical (unpaired) electrons. The lowest BCUT2D eigenvalue weighted by Crippen LogP contribution is -2.50. The van der Waals surface area contributed by atoms with Gasteiger partial charge in [-0.1, -0.05) is 0 Å². The monoisotopic (exact) mass is 304 g/mol. The van der Waals surface area contributed by atoms with E-state index in [0.717, 1.165) is 12.1 Å². The Balaban J connectivity index is 2.31. The predicted molar refractivity (Wildman–Crippen MR) is 70.8 cm³/mol. The van der Waals surface area contributed by atoms with Crippen molar-refractivity contribution in [1.29, 1.82) is 0 Å². The molecule has 0 aromatic heterocycles. The van der Waals surface area contributed by atoms with Crippen molar-refractivity contribution < 1.29 is 22.3 Å². The van der Waals surface area contributed by atoms with Crippen LogP contribution in [0.25, 0.3) is 0 Å². The van der Waals surface area contributed by atoms with E-state index in [2.05, 4.69) is 4.72 Å². The van der Waals surface area contributed by atoms with E-state index in [9.17, 15) is 12.8 Å². The van der Waals surface area contributed by atoms with Gasteiger partial charge in [0, 0.05) is 24.2 Å². The number of hydrogen-bond donors (Lipinski definition) is 2. The number of nitrogens with one attached hydrogen (secondary N) is 1. The van der Waals surface area contributed by atoms with Crippen LogP contribution in [0.5, 0.6) is 11.5 Å². The Morgan fingerprint density at radius 2 is 1.80 bits per heavy atom. The fourth-order valence-corrected chi connectivity index (χ4v) is 3.42. The van der Waals surface area contributed by atoms with Crippen molar-refractivity contribution in [1.82, 2.24) is 4.72 Å². The first kappa shape index (κ1) is 15.0. The fourth-order valence-electron chi connectivity index (χ4n) is 2.08. The Bertz CT molecular complexity index is 600. The van der Waals surface area contributed by atoms with Crippen molar-refractivity contribution in [2.75, 3.05) is 14.2 Å². The lowest BCUT2D eigenvalue weighted by Gasteiger charge is -2.32. The van der Waals surface area contributed by atoms with Crippen LogP contribution in [0.4, 0.5) is 4.39 Å². The van der Waals surface area contributed by atoms with Gasteiger partial charge in [0.05, 0.1) is 14.2 Å². The van der Waals surface area contributed by atoms with E-state index in [-0.39, 0.29) is 23.6 Å². The fraction of sp³-hybridized carbons (Fsp3) is 0.500. The van der Waals surface area contributed by atoms with E-state index in [1.807, 2.05) is 0 Å². The van der Waals surface area contributed by atoms with Crippen molar-refractivity contribution in [2.24, 2.45) is 5.73 Å². The van der Waals surface area contributed by atoms with E-state index < -0.39 is 20.7 Å². The molecule has 1 aliphatic rings. The van der Waals surface area contributed by atoms with Gasteiger partial charge in [0.15, 0.2) is 11.5 Å². The Hall–Kier alpha value is -1.38. The summed E-state index contributed by atoms with van der Waals surface area (Å²) in [5.41, 5.74) is 5.59. The molecule has 1 aromatic carbocycles. The van der Waals surface area contributed by atoms with Gasteiger partial charge in [0.25, 0.3) is 0 Å². The van der Waals surface area contributed by atoms with Gasteiger partial charge in [-0.25, -0.2) is 17.5 Å². The molecule has 0 spiro atoms. The Labute approximate surface area is 117 Å². The molecule has 0 unspecified atom stereocenters. The Kier molecular flexibility index (Phi) is 4.17. The molecule has 112 valence electrons. The topological polar surface area (TPSA) is 90.7 Å². The van der Waals surface area contributed by atoms with Crippen LogP contribution in [0.15, 0.2) is 17.0 Å². The SMILES string of the molecule is COc1cc(F)c(S(=O)(=O)NC2CC(N)C2)cc1OC. The van der Waals surface area contributed by atoms with Crippen molar-refractivity contribution >= 4 is 10.0 Å². The molecule has 0 saturated heterocycles. The maximum absolute atomic E-state index is 13.9. The molecular weight excluding hydrogens is 287 g/mol. The van der Waals surface area contributed by atoms with Crippen LogP contribution in [0.1, 0.15) is 12.8 Å². The summed E-state index contributed by atoms with van der Waals surface area (Å²) in [5, 5.41) is 0. The summed E-state index contributed by atoms with van der Waals surface area (Å²) < 4.78 is 50.5. The molecule has 1 saturated carbocycles. The summed E-state index contributed by atoms with van der Waals surface area (Å²) in [6.07, 6.45) is 1.10. The first-order valence-corrected chi connectivity index (χ1v) is 7.55. The third-order valence-corrected chi connectivity index (χ3v) is 4.76. The normalized spacial score (nSPS) is 22.2. The number of hydrogen-bond acceptors (Lipinski definition) is 5. The minimum absolute atomic E-state index is 0.00190. The standard InChI is InChI=1S/C12H17FN2O4S/c1-18-10-5-9(13)12(6-11(10)19-2)20(16,17)15-8-3-7(14)4-8/h5-8,15H,3-4,14H2,1-2H3. The van der Waals surface area contributed by atoms with Crippen LogP contribution < -0.4 is 19.9 Å². The van der Waals surface area contributed by atoms with Crippen LogP contribution in [0.2, 0.25) is 0 Å². The maximum Gasteiger partial charge on any atom is 0.243 e. The van der Waals surface area contributed by atoms with Gasteiger partial charge >= 0.3 is 0 Å².